The number of aryl methyl sites for hydroxylation is 2. The molecule has 1 aliphatic carbocycles. The van der Waals surface area contributed by atoms with Crippen LogP contribution < -0.4 is 10.0 Å². The number of thiophene rings is 1. The van der Waals surface area contributed by atoms with Crippen molar-refractivity contribution in [3.8, 4) is 0 Å². The summed E-state index contributed by atoms with van der Waals surface area (Å²) in [4.78, 5) is 13.4. The van der Waals surface area contributed by atoms with Crippen molar-refractivity contribution < 1.29 is 8.42 Å². The molecule has 2 aromatic heterocycles. The van der Waals surface area contributed by atoms with E-state index in [1.807, 2.05) is 0 Å². The maximum Gasteiger partial charge on any atom is 0.213 e. The SMILES string of the molecule is NS(=O)(=O)C1CCCN(c2ncnc3sc4c(c23)CCC4)C1. The highest BCUT2D eigenvalue weighted by Crippen LogP contribution is 2.40. The number of hydrogen-bond donors (Lipinski definition) is 1. The molecular weight excluding hydrogens is 320 g/mol. The van der Waals surface area contributed by atoms with Gasteiger partial charge in [-0.05, 0) is 37.7 Å². The van der Waals surface area contributed by atoms with Gasteiger partial charge in [0, 0.05) is 18.0 Å². The van der Waals surface area contributed by atoms with Gasteiger partial charge >= 0.3 is 0 Å². The minimum Gasteiger partial charge on any atom is -0.355 e. The molecule has 6 nitrogen and oxygen atoms in total. The van der Waals surface area contributed by atoms with Crippen LogP contribution in [-0.4, -0.2) is 36.7 Å². The van der Waals surface area contributed by atoms with Gasteiger partial charge in [-0.3, -0.25) is 0 Å². The van der Waals surface area contributed by atoms with E-state index < -0.39 is 15.3 Å². The summed E-state index contributed by atoms with van der Waals surface area (Å²) in [6.45, 7) is 1.25. The molecule has 0 bridgehead atoms. The summed E-state index contributed by atoms with van der Waals surface area (Å²) < 4.78 is 23.4. The molecule has 0 radical (unpaired) electrons. The third-order valence-corrected chi connectivity index (χ3v) is 7.14. The van der Waals surface area contributed by atoms with E-state index in [2.05, 4.69) is 14.9 Å². The van der Waals surface area contributed by atoms with Gasteiger partial charge < -0.3 is 4.90 Å². The molecule has 1 aliphatic heterocycles. The van der Waals surface area contributed by atoms with Crippen molar-refractivity contribution >= 4 is 37.4 Å². The van der Waals surface area contributed by atoms with Gasteiger partial charge in [0.2, 0.25) is 10.0 Å². The van der Waals surface area contributed by atoms with Gasteiger partial charge in [0.15, 0.2) is 0 Å². The number of primary sulfonamides is 1. The fourth-order valence-corrected chi connectivity index (χ4v) is 5.66. The van der Waals surface area contributed by atoms with Crippen molar-refractivity contribution in [2.24, 2.45) is 5.14 Å². The lowest BCUT2D eigenvalue weighted by atomic mass is 10.1. The lowest BCUT2D eigenvalue weighted by Crippen LogP contribution is -2.45. The number of nitrogens with zero attached hydrogens (tertiary/aromatic N) is 3. The van der Waals surface area contributed by atoms with Crippen LogP contribution in [0.1, 0.15) is 29.7 Å². The molecule has 1 fully saturated rings. The predicted molar refractivity (Wildman–Crippen MR) is 87.8 cm³/mol. The van der Waals surface area contributed by atoms with Crippen LogP contribution >= 0.6 is 11.3 Å². The van der Waals surface area contributed by atoms with E-state index in [1.165, 1.54) is 16.9 Å². The van der Waals surface area contributed by atoms with Crippen LogP contribution in [0.5, 0.6) is 0 Å². The summed E-state index contributed by atoms with van der Waals surface area (Å²) >= 11 is 1.75. The Morgan fingerprint density at radius 2 is 2.14 bits per heavy atom. The summed E-state index contributed by atoms with van der Waals surface area (Å²) in [5, 5.41) is 5.98. The van der Waals surface area contributed by atoms with Crippen molar-refractivity contribution in [1.82, 2.24) is 9.97 Å². The molecule has 0 saturated carbocycles. The summed E-state index contributed by atoms with van der Waals surface area (Å²) in [5.74, 6) is 0.887. The Hall–Kier alpha value is -1.25. The van der Waals surface area contributed by atoms with Crippen molar-refractivity contribution in [1.29, 1.82) is 0 Å². The molecule has 8 heteroatoms. The number of aromatic nitrogens is 2. The summed E-state index contributed by atoms with van der Waals surface area (Å²) in [6.07, 6.45) is 6.41. The molecule has 118 valence electrons. The average Bonchev–Trinajstić information content (AvgIpc) is 3.06. The van der Waals surface area contributed by atoms with Gasteiger partial charge in [0.25, 0.3) is 0 Å². The smallest absolute Gasteiger partial charge is 0.213 e. The number of anilines is 1. The Bertz CT molecular complexity index is 831. The van der Waals surface area contributed by atoms with Gasteiger partial charge in [-0.1, -0.05) is 0 Å². The van der Waals surface area contributed by atoms with Crippen molar-refractivity contribution in [2.45, 2.75) is 37.4 Å². The molecule has 2 aliphatic rings. The summed E-state index contributed by atoms with van der Waals surface area (Å²) in [5.41, 5.74) is 1.37. The van der Waals surface area contributed by atoms with Crippen LogP contribution in [-0.2, 0) is 22.9 Å². The Morgan fingerprint density at radius 1 is 1.27 bits per heavy atom. The molecule has 0 amide bonds. The molecule has 1 saturated heterocycles. The molecular formula is C14H18N4O2S2. The third-order valence-electron chi connectivity index (χ3n) is 4.62. The maximum atomic E-state index is 11.7. The van der Waals surface area contributed by atoms with Crippen LogP contribution in [0.2, 0.25) is 0 Å². The van der Waals surface area contributed by atoms with E-state index >= 15 is 0 Å². The Morgan fingerprint density at radius 3 is 2.95 bits per heavy atom. The van der Waals surface area contributed by atoms with E-state index in [9.17, 15) is 8.42 Å². The van der Waals surface area contributed by atoms with Gasteiger partial charge in [0.05, 0.1) is 10.6 Å². The number of rotatable bonds is 2. The lowest BCUT2D eigenvalue weighted by Gasteiger charge is -2.32. The predicted octanol–water partition coefficient (Wildman–Crippen LogP) is 1.44. The molecule has 1 unspecified atom stereocenters. The van der Waals surface area contributed by atoms with Crippen LogP contribution in [0.3, 0.4) is 0 Å². The van der Waals surface area contributed by atoms with Gasteiger partial charge in [-0.2, -0.15) is 0 Å². The van der Waals surface area contributed by atoms with E-state index in [1.54, 1.807) is 17.7 Å². The van der Waals surface area contributed by atoms with E-state index in [4.69, 9.17) is 5.14 Å². The number of piperidine rings is 1. The zero-order valence-corrected chi connectivity index (χ0v) is 13.8. The first-order valence-corrected chi connectivity index (χ1v) is 9.98. The quantitative estimate of drug-likeness (QED) is 0.895. The van der Waals surface area contributed by atoms with Gasteiger partial charge in [0.1, 0.15) is 17.0 Å². The second-order valence-electron chi connectivity index (χ2n) is 6.03. The highest BCUT2D eigenvalue weighted by atomic mass is 32.2. The van der Waals surface area contributed by atoms with Crippen molar-refractivity contribution in [3.05, 3.63) is 16.8 Å². The molecule has 1 atom stereocenters. The second-order valence-corrected chi connectivity index (χ2v) is 8.96. The molecule has 3 heterocycles. The average molecular weight is 338 g/mol. The monoisotopic (exact) mass is 338 g/mol. The molecule has 22 heavy (non-hydrogen) atoms. The number of sulfonamides is 1. The van der Waals surface area contributed by atoms with E-state index in [0.717, 1.165) is 41.8 Å². The maximum absolute atomic E-state index is 11.7. The molecule has 0 aromatic carbocycles. The highest BCUT2D eigenvalue weighted by molar-refractivity contribution is 7.89. The van der Waals surface area contributed by atoms with Crippen LogP contribution in [0.15, 0.2) is 6.33 Å². The molecule has 4 rings (SSSR count). The van der Waals surface area contributed by atoms with E-state index in [0.29, 0.717) is 13.0 Å². The second kappa shape index (κ2) is 5.14. The van der Waals surface area contributed by atoms with Crippen molar-refractivity contribution in [2.75, 3.05) is 18.0 Å². The fourth-order valence-electron chi connectivity index (χ4n) is 3.55. The first-order valence-electron chi connectivity index (χ1n) is 7.56. The molecule has 0 spiro atoms. The zero-order valence-electron chi connectivity index (χ0n) is 12.2. The number of hydrogen-bond acceptors (Lipinski definition) is 6. The standard InChI is InChI=1S/C14H18N4O2S2/c15-22(19,20)9-3-2-6-18(7-9)13-12-10-4-1-5-11(10)21-14(12)17-8-16-13/h8-9H,1-7H2,(H2,15,19,20). The van der Waals surface area contributed by atoms with Crippen LogP contribution in [0.25, 0.3) is 10.2 Å². The topological polar surface area (TPSA) is 89.2 Å². The van der Waals surface area contributed by atoms with Crippen LogP contribution in [0.4, 0.5) is 5.82 Å². The highest BCUT2D eigenvalue weighted by Gasteiger charge is 2.31. The summed E-state index contributed by atoms with van der Waals surface area (Å²) in [7, 11) is -3.50. The Balaban J connectivity index is 1.78. The molecule has 2 aromatic rings. The van der Waals surface area contributed by atoms with Crippen molar-refractivity contribution in [3.63, 3.8) is 0 Å². The molecule has 2 N–H and O–H groups in total. The lowest BCUT2D eigenvalue weighted by molar-refractivity contribution is 0.531. The van der Waals surface area contributed by atoms with E-state index in [-0.39, 0.29) is 0 Å². The minimum atomic E-state index is -3.50. The summed E-state index contributed by atoms with van der Waals surface area (Å²) in [6, 6.07) is 0. The first kappa shape index (κ1) is 14.3. The number of fused-ring (bicyclic) bond motifs is 3. The normalized spacial score (nSPS) is 22.2. The zero-order chi connectivity index (χ0) is 15.3. The first-order chi connectivity index (χ1) is 10.5. The van der Waals surface area contributed by atoms with Gasteiger partial charge in [-0.15, -0.1) is 11.3 Å². The largest absolute Gasteiger partial charge is 0.355 e. The minimum absolute atomic E-state index is 0.426. The fraction of sp³-hybridized carbons (Fsp3) is 0.571. The Labute approximate surface area is 133 Å². The number of nitrogens with two attached hydrogens (primary N) is 1. The Kier molecular flexibility index (Phi) is 3.35. The third kappa shape index (κ3) is 2.29. The van der Waals surface area contributed by atoms with Gasteiger partial charge in [-0.25, -0.2) is 23.5 Å². The van der Waals surface area contributed by atoms with Crippen LogP contribution in [0, 0.1) is 0 Å².